The highest BCUT2D eigenvalue weighted by Crippen LogP contribution is 2.30. The first-order chi connectivity index (χ1) is 9.51. The van der Waals surface area contributed by atoms with Gasteiger partial charge in [0, 0.05) is 0 Å². The molecule has 0 heterocycles. The predicted molar refractivity (Wildman–Crippen MR) is 81.7 cm³/mol. The summed E-state index contributed by atoms with van der Waals surface area (Å²) in [6.07, 6.45) is 0. The molecular weight excluding hydrogens is 276 g/mol. The van der Waals surface area contributed by atoms with Crippen molar-refractivity contribution in [3.8, 4) is 0 Å². The summed E-state index contributed by atoms with van der Waals surface area (Å²) in [4.78, 5) is 11.5. The Balaban J connectivity index is 2.37. The molecule has 0 atom stereocenters. The van der Waals surface area contributed by atoms with E-state index in [2.05, 4.69) is 5.32 Å². The van der Waals surface area contributed by atoms with E-state index < -0.39 is 5.97 Å². The molecule has 2 aromatic rings. The highest BCUT2D eigenvalue weighted by molar-refractivity contribution is 6.33. The molecule has 0 aliphatic rings. The fraction of sp³-hybridized carbons (Fsp3) is 0.133. The van der Waals surface area contributed by atoms with E-state index >= 15 is 0 Å². The Morgan fingerprint density at radius 1 is 1.20 bits per heavy atom. The molecule has 2 rings (SSSR count). The SMILES string of the molecule is COC(=O)c1ccc(N)c(Nc2cc(C)ccc2Cl)c1. The van der Waals surface area contributed by atoms with E-state index in [0.717, 1.165) is 11.3 Å². The lowest BCUT2D eigenvalue weighted by molar-refractivity contribution is 0.0601. The van der Waals surface area contributed by atoms with Gasteiger partial charge in [0.25, 0.3) is 0 Å². The molecule has 0 fully saturated rings. The molecule has 0 radical (unpaired) electrons. The quantitative estimate of drug-likeness (QED) is 0.667. The third-order valence-corrected chi connectivity index (χ3v) is 3.20. The molecule has 2 aromatic carbocycles. The van der Waals surface area contributed by atoms with Crippen LogP contribution in [0.1, 0.15) is 15.9 Å². The van der Waals surface area contributed by atoms with Crippen molar-refractivity contribution in [3.05, 3.63) is 52.5 Å². The second kappa shape index (κ2) is 5.84. The summed E-state index contributed by atoms with van der Waals surface area (Å²) in [5.41, 5.74) is 9.27. The maximum absolute atomic E-state index is 11.5. The third kappa shape index (κ3) is 3.03. The Morgan fingerprint density at radius 3 is 2.65 bits per heavy atom. The van der Waals surface area contributed by atoms with Crippen LogP contribution in [0.4, 0.5) is 17.1 Å². The first kappa shape index (κ1) is 14.2. The van der Waals surface area contributed by atoms with Crippen LogP contribution in [-0.4, -0.2) is 13.1 Å². The number of carbonyl (C=O) groups excluding carboxylic acids is 1. The van der Waals surface area contributed by atoms with Crippen molar-refractivity contribution in [2.45, 2.75) is 6.92 Å². The highest BCUT2D eigenvalue weighted by Gasteiger charge is 2.10. The second-order valence-electron chi connectivity index (χ2n) is 4.40. The van der Waals surface area contributed by atoms with E-state index in [1.807, 2.05) is 19.1 Å². The minimum absolute atomic E-state index is 0.414. The molecule has 3 N–H and O–H groups in total. The smallest absolute Gasteiger partial charge is 0.337 e. The fourth-order valence-electron chi connectivity index (χ4n) is 1.79. The minimum atomic E-state index is -0.414. The molecule has 104 valence electrons. The van der Waals surface area contributed by atoms with Gasteiger partial charge >= 0.3 is 5.97 Å². The number of nitrogens with one attached hydrogen (secondary N) is 1. The number of methoxy groups -OCH3 is 1. The van der Waals surface area contributed by atoms with Gasteiger partial charge in [0.15, 0.2) is 0 Å². The lowest BCUT2D eigenvalue weighted by Crippen LogP contribution is -2.04. The van der Waals surface area contributed by atoms with Gasteiger partial charge in [-0.25, -0.2) is 4.79 Å². The molecule has 0 spiro atoms. The topological polar surface area (TPSA) is 64.3 Å². The van der Waals surface area contributed by atoms with E-state index in [1.54, 1.807) is 24.3 Å². The van der Waals surface area contributed by atoms with Gasteiger partial charge in [-0.1, -0.05) is 17.7 Å². The first-order valence-electron chi connectivity index (χ1n) is 6.02. The summed E-state index contributed by atoms with van der Waals surface area (Å²) < 4.78 is 4.69. The number of carbonyl (C=O) groups is 1. The number of ether oxygens (including phenoxy) is 1. The number of benzene rings is 2. The lowest BCUT2D eigenvalue weighted by atomic mass is 10.1. The average Bonchev–Trinajstić information content (AvgIpc) is 2.44. The van der Waals surface area contributed by atoms with Crippen LogP contribution >= 0.6 is 11.6 Å². The summed E-state index contributed by atoms with van der Waals surface area (Å²) >= 11 is 6.13. The minimum Gasteiger partial charge on any atom is -0.465 e. The molecule has 0 aliphatic carbocycles. The van der Waals surface area contributed by atoms with E-state index in [9.17, 15) is 4.79 Å². The van der Waals surface area contributed by atoms with Crippen LogP contribution in [0.5, 0.6) is 0 Å². The number of anilines is 3. The molecule has 0 saturated carbocycles. The van der Waals surface area contributed by atoms with Crippen LogP contribution in [0.15, 0.2) is 36.4 Å². The maximum atomic E-state index is 11.5. The van der Waals surface area contributed by atoms with Crippen molar-refractivity contribution in [3.63, 3.8) is 0 Å². The van der Waals surface area contributed by atoms with Crippen molar-refractivity contribution in [2.75, 3.05) is 18.2 Å². The van der Waals surface area contributed by atoms with Crippen LogP contribution in [0, 0.1) is 6.92 Å². The molecule has 0 unspecified atom stereocenters. The number of nitrogens with two attached hydrogens (primary N) is 1. The van der Waals surface area contributed by atoms with Gasteiger partial charge in [0.1, 0.15) is 0 Å². The van der Waals surface area contributed by atoms with E-state index in [4.69, 9.17) is 22.1 Å². The van der Waals surface area contributed by atoms with Crippen molar-refractivity contribution in [1.82, 2.24) is 0 Å². The normalized spacial score (nSPS) is 10.2. The van der Waals surface area contributed by atoms with Crippen LogP contribution in [0.3, 0.4) is 0 Å². The Hall–Kier alpha value is -2.20. The van der Waals surface area contributed by atoms with Crippen LogP contribution in [-0.2, 0) is 4.74 Å². The molecule has 0 amide bonds. The van der Waals surface area contributed by atoms with Crippen LogP contribution in [0.2, 0.25) is 5.02 Å². The number of halogens is 1. The van der Waals surface area contributed by atoms with Gasteiger partial charge in [-0.3, -0.25) is 0 Å². The largest absolute Gasteiger partial charge is 0.465 e. The Kier molecular flexibility index (Phi) is 4.15. The highest BCUT2D eigenvalue weighted by atomic mass is 35.5. The zero-order valence-electron chi connectivity index (χ0n) is 11.2. The number of nitrogen functional groups attached to an aromatic ring is 1. The Bertz CT molecular complexity index is 656. The van der Waals surface area contributed by atoms with Crippen molar-refractivity contribution >= 4 is 34.6 Å². The van der Waals surface area contributed by atoms with Crippen LogP contribution in [0.25, 0.3) is 0 Å². The van der Waals surface area contributed by atoms with Crippen molar-refractivity contribution in [2.24, 2.45) is 0 Å². The molecule has 20 heavy (non-hydrogen) atoms. The summed E-state index contributed by atoms with van der Waals surface area (Å²) in [6.45, 7) is 1.97. The van der Waals surface area contributed by atoms with E-state index in [1.165, 1.54) is 7.11 Å². The molecule has 0 bridgehead atoms. The number of hydrogen-bond donors (Lipinski definition) is 2. The summed E-state index contributed by atoms with van der Waals surface area (Å²) in [5, 5.41) is 3.72. The van der Waals surface area contributed by atoms with Gasteiger partial charge < -0.3 is 15.8 Å². The molecule has 5 heteroatoms. The first-order valence-corrected chi connectivity index (χ1v) is 6.40. The third-order valence-electron chi connectivity index (χ3n) is 2.87. The van der Waals surface area contributed by atoms with Gasteiger partial charge in [-0.2, -0.15) is 0 Å². The van der Waals surface area contributed by atoms with Crippen LogP contribution < -0.4 is 11.1 Å². The number of rotatable bonds is 3. The molecule has 0 saturated heterocycles. The van der Waals surface area contributed by atoms with Gasteiger partial charge in [-0.15, -0.1) is 0 Å². The van der Waals surface area contributed by atoms with Crippen molar-refractivity contribution < 1.29 is 9.53 Å². The Morgan fingerprint density at radius 2 is 1.95 bits per heavy atom. The summed E-state index contributed by atoms with van der Waals surface area (Å²) in [7, 11) is 1.34. The molecule has 0 aromatic heterocycles. The van der Waals surface area contributed by atoms with Gasteiger partial charge in [-0.05, 0) is 42.8 Å². The monoisotopic (exact) mass is 290 g/mol. The molecule has 4 nitrogen and oxygen atoms in total. The summed E-state index contributed by atoms with van der Waals surface area (Å²) in [6, 6.07) is 10.5. The lowest BCUT2D eigenvalue weighted by Gasteiger charge is -2.12. The van der Waals surface area contributed by atoms with E-state index in [-0.39, 0.29) is 0 Å². The molecule has 0 aliphatic heterocycles. The van der Waals surface area contributed by atoms with Crippen molar-refractivity contribution in [1.29, 1.82) is 0 Å². The second-order valence-corrected chi connectivity index (χ2v) is 4.81. The molecular formula is C15H15ClN2O2. The maximum Gasteiger partial charge on any atom is 0.337 e. The van der Waals surface area contributed by atoms with E-state index in [0.29, 0.717) is 22.0 Å². The number of esters is 1. The number of hydrogen-bond acceptors (Lipinski definition) is 4. The summed E-state index contributed by atoms with van der Waals surface area (Å²) in [5.74, 6) is -0.414. The standard InChI is InChI=1S/C15H15ClN2O2/c1-9-3-5-11(16)13(7-9)18-14-8-10(15(19)20-2)4-6-12(14)17/h3-8,18H,17H2,1-2H3. The van der Waals surface area contributed by atoms with Gasteiger partial charge in [0.05, 0.1) is 34.8 Å². The zero-order valence-corrected chi connectivity index (χ0v) is 12.0. The van der Waals surface area contributed by atoms with Gasteiger partial charge in [0.2, 0.25) is 0 Å². The number of aryl methyl sites for hydroxylation is 1. The predicted octanol–water partition coefficient (Wildman–Crippen LogP) is 3.76. The fourth-order valence-corrected chi connectivity index (χ4v) is 1.95. The Labute approximate surface area is 122 Å². The average molecular weight is 291 g/mol. The zero-order chi connectivity index (χ0) is 14.7.